The highest BCUT2D eigenvalue weighted by atomic mass is 19.1. The Morgan fingerprint density at radius 1 is 1.53 bits per heavy atom. The Labute approximate surface area is 85.1 Å². The van der Waals surface area contributed by atoms with Gasteiger partial charge in [0.2, 0.25) is 0 Å². The summed E-state index contributed by atoms with van der Waals surface area (Å²) in [6.07, 6.45) is 0.350. The number of rotatable bonds is 2. The predicted octanol–water partition coefficient (Wildman–Crippen LogP) is 1.98. The van der Waals surface area contributed by atoms with Crippen LogP contribution in [-0.2, 0) is 10.4 Å². The molecular weight excluding hydrogens is 199 g/mol. The minimum absolute atomic E-state index is 0.0394. The van der Waals surface area contributed by atoms with Crippen LogP contribution in [0.5, 0.6) is 0 Å². The van der Waals surface area contributed by atoms with Crippen LogP contribution in [0.2, 0.25) is 0 Å². The Bertz CT molecular complexity index is 514. The summed E-state index contributed by atoms with van der Waals surface area (Å²) in [4.78, 5) is 10.6. The maximum Gasteiger partial charge on any atom is 0.174 e. The number of hydrogen-bond donors (Lipinski definition) is 1. The van der Waals surface area contributed by atoms with Gasteiger partial charge in [-0.2, -0.15) is 0 Å². The second-order valence-electron chi connectivity index (χ2n) is 3.53. The molecule has 1 N–H and O–H groups in total. The molecule has 0 amide bonds. The summed E-state index contributed by atoms with van der Waals surface area (Å²) in [5.41, 5.74) is -1.67. The first kappa shape index (κ1) is 9.86. The van der Waals surface area contributed by atoms with Crippen molar-refractivity contribution in [3.05, 3.63) is 35.8 Å². The fraction of sp³-hybridized carbons (Fsp3) is 0.182. The summed E-state index contributed by atoms with van der Waals surface area (Å²) in [5, 5.41) is 10.1. The van der Waals surface area contributed by atoms with E-state index < -0.39 is 11.4 Å². The Morgan fingerprint density at radius 2 is 2.27 bits per heavy atom. The first-order valence-electron chi connectivity index (χ1n) is 4.42. The monoisotopic (exact) mass is 208 g/mol. The van der Waals surface area contributed by atoms with E-state index in [0.29, 0.717) is 11.7 Å². The van der Waals surface area contributed by atoms with Crippen molar-refractivity contribution in [3.8, 4) is 0 Å². The zero-order valence-corrected chi connectivity index (χ0v) is 8.03. The Hall–Kier alpha value is -1.68. The quantitative estimate of drug-likeness (QED) is 0.767. The highest BCUT2D eigenvalue weighted by molar-refractivity contribution is 5.80. The second kappa shape index (κ2) is 3.17. The molecule has 4 heteroatoms. The molecule has 1 aromatic carbocycles. The highest BCUT2D eigenvalue weighted by Crippen LogP contribution is 2.28. The second-order valence-corrected chi connectivity index (χ2v) is 3.53. The summed E-state index contributed by atoms with van der Waals surface area (Å²) in [6, 6.07) is 5.89. The number of para-hydroxylation sites is 1. The molecule has 1 heterocycles. The lowest BCUT2D eigenvalue weighted by atomic mass is 10.1. The Balaban J connectivity index is 2.67. The van der Waals surface area contributed by atoms with E-state index in [1.54, 1.807) is 6.07 Å². The van der Waals surface area contributed by atoms with Gasteiger partial charge in [0.05, 0.1) is 0 Å². The highest BCUT2D eigenvalue weighted by Gasteiger charge is 2.27. The van der Waals surface area contributed by atoms with Crippen LogP contribution in [0.15, 0.2) is 28.7 Å². The molecule has 0 spiro atoms. The summed E-state index contributed by atoms with van der Waals surface area (Å²) in [6.45, 7) is 1.29. The van der Waals surface area contributed by atoms with Gasteiger partial charge < -0.3 is 9.52 Å². The molecule has 2 rings (SSSR count). The normalized spacial score (nSPS) is 15.1. The molecule has 0 bridgehead atoms. The van der Waals surface area contributed by atoms with Gasteiger partial charge in [-0.25, -0.2) is 4.39 Å². The van der Waals surface area contributed by atoms with Crippen LogP contribution < -0.4 is 0 Å². The molecule has 0 saturated heterocycles. The maximum atomic E-state index is 13.2. The van der Waals surface area contributed by atoms with Crippen molar-refractivity contribution >= 4 is 17.3 Å². The molecule has 1 unspecified atom stereocenters. The van der Waals surface area contributed by atoms with Crippen LogP contribution in [-0.4, -0.2) is 11.4 Å². The van der Waals surface area contributed by atoms with Crippen molar-refractivity contribution < 1.29 is 18.7 Å². The molecule has 0 aliphatic carbocycles. The minimum atomic E-state index is -1.72. The van der Waals surface area contributed by atoms with Gasteiger partial charge in [0.25, 0.3) is 0 Å². The third-order valence-electron chi connectivity index (χ3n) is 2.22. The smallest absolute Gasteiger partial charge is 0.174 e. The van der Waals surface area contributed by atoms with E-state index in [-0.39, 0.29) is 11.3 Å². The summed E-state index contributed by atoms with van der Waals surface area (Å²) >= 11 is 0. The molecule has 1 atom stereocenters. The van der Waals surface area contributed by atoms with Gasteiger partial charge in [-0.3, -0.25) is 4.79 Å². The van der Waals surface area contributed by atoms with Crippen molar-refractivity contribution in [2.24, 2.45) is 0 Å². The number of carbonyl (C=O) groups is 1. The number of furan rings is 1. The molecule has 1 aromatic heterocycles. The fourth-order valence-electron chi connectivity index (χ4n) is 1.34. The van der Waals surface area contributed by atoms with Crippen molar-refractivity contribution in [3.63, 3.8) is 0 Å². The zero-order chi connectivity index (χ0) is 11.1. The lowest BCUT2D eigenvalue weighted by molar-refractivity contribution is -0.124. The van der Waals surface area contributed by atoms with Crippen molar-refractivity contribution in [2.45, 2.75) is 12.5 Å². The fourth-order valence-corrected chi connectivity index (χ4v) is 1.34. The first-order chi connectivity index (χ1) is 7.04. The molecule has 0 radical (unpaired) electrons. The molecule has 78 valence electrons. The number of halogens is 1. The van der Waals surface area contributed by atoms with Gasteiger partial charge in [0, 0.05) is 5.39 Å². The van der Waals surface area contributed by atoms with Crippen LogP contribution in [0.1, 0.15) is 12.7 Å². The topological polar surface area (TPSA) is 50.4 Å². The van der Waals surface area contributed by atoms with Crippen LogP contribution in [0.3, 0.4) is 0 Å². The number of benzene rings is 1. The number of aldehydes is 1. The lowest BCUT2D eigenvalue weighted by Crippen LogP contribution is -2.21. The average Bonchev–Trinajstić information content (AvgIpc) is 2.64. The Morgan fingerprint density at radius 3 is 2.87 bits per heavy atom. The molecule has 2 aromatic rings. The average molecular weight is 208 g/mol. The third kappa shape index (κ3) is 1.53. The Kier molecular flexibility index (Phi) is 2.08. The van der Waals surface area contributed by atoms with Gasteiger partial charge >= 0.3 is 0 Å². The third-order valence-corrected chi connectivity index (χ3v) is 2.22. The van der Waals surface area contributed by atoms with Gasteiger partial charge in [-0.05, 0) is 19.1 Å². The van der Waals surface area contributed by atoms with Gasteiger partial charge in [0.1, 0.15) is 5.76 Å². The van der Waals surface area contributed by atoms with E-state index in [0.717, 1.165) is 0 Å². The van der Waals surface area contributed by atoms with E-state index in [1.807, 2.05) is 0 Å². The molecule has 0 fully saturated rings. The maximum absolute atomic E-state index is 13.2. The lowest BCUT2D eigenvalue weighted by Gasteiger charge is -2.10. The number of aliphatic hydroxyl groups is 1. The number of hydrogen-bond acceptors (Lipinski definition) is 3. The molecular formula is C11H9FO3. The van der Waals surface area contributed by atoms with Crippen LogP contribution in [0.25, 0.3) is 11.0 Å². The van der Waals surface area contributed by atoms with Crippen LogP contribution in [0, 0.1) is 5.82 Å². The van der Waals surface area contributed by atoms with E-state index >= 15 is 0 Å². The summed E-state index contributed by atoms with van der Waals surface area (Å²) < 4.78 is 18.3. The van der Waals surface area contributed by atoms with Gasteiger partial charge in [0.15, 0.2) is 23.3 Å². The van der Waals surface area contributed by atoms with Crippen molar-refractivity contribution in [1.82, 2.24) is 0 Å². The van der Waals surface area contributed by atoms with Crippen LogP contribution >= 0.6 is 0 Å². The SMILES string of the molecule is CC(O)(C=O)c1cc2cccc(F)c2o1. The van der Waals surface area contributed by atoms with Crippen molar-refractivity contribution in [2.75, 3.05) is 0 Å². The zero-order valence-electron chi connectivity index (χ0n) is 8.03. The summed E-state index contributed by atoms with van der Waals surface area (Å²) in [5.74, 6) is -0.474. The number of fused-ring (bicyclic) bond motifs is 1. The van der Waals surface area contributed by atoms with E-state index in [4.69, 9.17) is 4.42 Å². The first-order valence-corrected chi connectivity index (χ1v) is 4.42. The molecule has 0 aliphatic heterocycles. The molecule has 15 heavy (non-hydrogen) atoms. The van der Waals surface area contributed by atoms with E-state index in [2.05, 4.69) is 0 Å². The van der Waals surface area contributed by atoms with Gasteiger partial charge in [-0.1, -0.05) is 12.1 Å². The molecule has 0 saturated carbocycles. The molecule has 0 aliphatic rings. The molecule has 3 nitrogen and oxygen atoms in total. The standard InChI is InChI=1S/C11H9FO3/c1-11(14,6-13)9-5-7-3-2-4-8(12)10(7)15-9/h2-6,14H,1H3. The van der Waals surface area contributed by atoms with Crippen LogP contribution in [0.4, 0.5) is 4.39 Å². The minimum Gasteiger partial charge on any atom is -0.454 e. The van der Waals surface area contributed by atoms with E-state index in [9.17, 15) is 14.3 Å². The van der Waals surface area contributed by atoms with E-state index in [1.165, 1.54) is 25.1 Å². The summed E-state index contributed by atoms with van der Waals surface area (Å²) in [7, 11) is 0. The van der Waals surface area contributed by atoms with Crippen molar-refractivity contribution in [1.29, 1.82) is 0 Å². The van der Waals surface area contributed by atoms with Gasteiger partial charge in [-0.15, -0.1) is 0 Å². The number of carbonyl (C=O) groups excluding carboxylic acids is 1. The largest absolute Gasteiger partial charge is 0.454 e. The predicted molar refractivity (Wildman–Crippen MR) is 51.8 cm³/mol.